The largest absolute Gasteiger partial charge is 0.635 e. The van der Waals surface area contributed by atoms with E-state index in [2.05, 4.69) is 0 Å². The molecule has 6 heteroatoms. The maximum Gasteiger partial charge on any atom is 0.635 e. The third kappa shape index (κ3) is 4.48. The maximum atomic E-state index is 14.9. The van der Waals surface area contributed by atoms with Gasteiger partial charge in [-0.05, 0) is 52.8 Å². The fraction of sp³-hybridized carbons (Fsp3) is 0.172. The average molecular weight is 470 g/mol. The first-order valence-electron chi connectivity index (χ1n) is 11.7. The molecule has 0 atom stereocenters. The van der Waals surface area contributed by atoms with Crippen LogP contribution in [-0.2, 0) is 19.3 Å². The van der Waals surface area contributed by atoms with Gasteiger partial charge >= 0.3 is 7.12 Å². The molecule has 0 aliphatic carbocycles. The first-order valence-corrected chi connectivity index (χ1v) is 11.7. The molecule has 0 saturated carbocycles. The highest BCUT2D eigenvalue weighted by Gasteiger charge is 2.34. The lowest BCUT2D eigenvalue weighted by atomic mass is 9.77. The molecule has 4 aromatic rings. The van der Waals surface area contributed by atoms with Crippen LogP contribution in [0.25, 0.3) is 0 Å². The van der Waals surface area contributed by atoms with Crippen LogP contribution >= 0.6 is 0 Å². The molecule has 5 rings (SSSR count). The predicted molar refractivity (Wildman–Crippen MR) is 134 cm³/mol. The van der Waals surface area contributed by atoms with Gasteiger partial charge in [-0.1, -0.05) is 67.6 Å². The molecule has 4 aromatic carbocycles. The van der Waals surface area contributed by atoms with E-state index >= 15 is 0 Å². The molecule has 0 saturated heterocycles. The number of fused-ring (bicyclic) bond motifs is 2. The minimum Gasteiger partial charge on any atom is -0.521 e. The van der Waals surface area contributed by atoms with Gasteiger partial charge in [0.1, 0.15) is 28.9 Å². The Hall–Kier alpha value is -3.80. The van der Waals surface area contributed by atoms with Crippen LogP contribution < -0.4 is 14.8 Å². The van der Waals surface area contributed by atoms with Gasteiger partial charge in [0.15, 0.2) is 0 Å². The van der Waals surface area contributed by atoms with Crippen LogP contribution in [-0.4, -0.2) is 12.2 Å². The third-order valence-electron chi connectivity index (χ3n) is 6.48. The second-order valence-electron chi connectivity index (χ2n) is 8.83. The van der Waals surface area contributed by atoms with Crippen molar-refractivity contribution in [3.63, 3.8) is 0 Å². The number of halogens is 2. The van der Waals surface area contributed by atoms with E-state index in [1.165, 1.54) is 12.1 Å². The van der Waals surface area contributed by atoms with Crippen molar-refractivity contribution >= 4 is 12.6 Å². The van der Waals surface area contributed by atoms with E-state index in [0.29, 0.717) is 24.3 Å². The van der Waals surface area contributed by atoms with Crippen LogP contribution in [0.5, 0.6) is 17.2 Å². The van der Waals surface area contributed by atoms with Gasteiger partial charge in [0.05, 0.1) is 0 Å². The van der Waals surface area contributed by atoms with E-state index in [1.807, 2.05) is 68.4 Å². The highest BCUT2D eigenvalue weighted by Crippen LogP contribution is 2.36. The first-order chi connectivity index (χ1) is 16.9. The molecule has 1 aliphatic heterocycles. The second kappa shape index (κ2) is 9.45. The lowest BCUT2D eigenvalue weighted by Crippen LogP contribution is -2.45. The molecule has 0 fully saturated rings. The van der Waals surface area contributed by atoms with E-state index in [1.54, 1.807) is 0 Å². The Morgan fingerprint density at radius 3 is 2.26 bits per heavy atom. The van der Waals surface area contributed by atoms with Crippen molar-refractivity contribution in [1.29, 1.82) is 0 Å². The zero-order chi connectivity index (χ0) is 24.5. The molecule has 176 valence electrons. The summed E-state index contributed by atoms with van der Waals surface area (Å²) in [6, 6.07) is 20.9. The van der Waals surface area contributed by atoms with Gasteiger partial charge in [0.25, 0.3) is 0 Å². The van der Waals surface area contributed by atoms with Crippen molar-refractivity contribution in [2.24, 2.45) is 0 Å². The number of phenols is 1. The molecule has 0 amide bonds. The Balaban J connectivity index is 1.64. The third-order valence-corrected chi connectivity index (χ3v) is 6.48. The molecule has 1 N–H and O–H groups in total. The minimum atomic E-state index is -1.12. The van der Waals surface area contributed by atoms with Crippen molar-refractivity contribution < 1.29 is 23.2 Å². The summed E-state index contributed by atoms with van der Waals surface area (Å²) >= 11 is 0. The number of aryl methyl sites for hydroxylation is 2. The van der Waals surface area contributed by atoms with Crippen LogP contribution in [0.15, 0.2) is 72.8 Å². The molecule has 3 nitrogen and oxygen atoms in total. The highest BCUT2D eigenvalue weighted by atomic mass is 19.1. The summed E-state index contributed by atoms with van der Waals surface area (Å²) in [5.74, 6) is 0.0797. The van der Waals surface area contributed by atoms with Crippen LogP contribution in [0.3, 0.4) is 0 Å². The van der Waals surface area contributed by atoms with E-state index in [4.69, 9.17) is 9.31 Å². The zero-order valence-corrected chi connectivity index (χ0v) is 19.6. The Morgan fingerprint density at radius 2 is 1.49 bits per heavy atom. The number of aromatic hydroxyl groups is 1. The maximum absolute atomic E-state index is 14.9. The number of para-hydroxylation sites is 3. The van der Waals surface area contributed by atoms with Crippen LogP contribution in [0.4, 0.5) is 8.78 Å². The Labute approximate surface area is 204 Å². The van der Waals surface area contributed by atoms with E-state index in [9.17, 15) is 13.9 Å². The molecule has 1 heterocycles. The van der Waals surface area contributed by atoms with E-state index in [0.717, 1.165) is 45.9 Å². The van der Waals surface area contributed by atoms with Gasteiger partial charge in [-0.2, -0.15) is 0 Å². The monoisotopic (exact) mass is 470 g/mol. The molecule has 1 aliphatic rings. The summed E-state index contributed by atoms with van der Waals surface area (Å²) in [6.45, 7) is 3.93. The van der Waals surface area contributed by atoms with Crippen LogP contribution in [0, 0.1) is 18.6 Å². The fourth-order valence-corrected chi connectivity index (χ4v) is 4.63. The molecule has 0 spiro atoms. The van der Waals surface area contributed by atoms with Gasteiger partial charge in [-0.25, -0.2) is 8.78 Å². The molecule has 0 unspecified atom stereocenters. The van der Waals surface area contributed by atoms with Gasteiger partial charge < -0.3 is 14.4 Å². The van der Waals surface area contributed by atoms with Crippen LogP contribution in [0.1, 0.15) is 40.3 Å². The number of hydrogen-bond acceptors (Lipinski definition) is 3. The Morgan fingerprint density at radius 1 is 0.829 bits per heavy atom. The molecule has 35 heavy (non-hydrogen) atoms. The number of benzene rings is 4. The van der Waals surface area contributed by atoms with Crippen LogP contribution in [0.2, 0.25) is 0 Å². The Bertz CT molecular complexity index is 1400. The van der Waals surface area contributed by atoms with Gasteiger partial charge in [0, 0.05) is 24.4 Å². The molecular formula is C29H25BF2O3. The quantitative estimate of drug-likeness (QED) is 0.378. The summed E-state index contributed by atoms with van der Waals surface area (Å²) in [7, 11) is -1.12. The smallest absolute Gasteiger partial charge is 0.521 e. The van der Waals surface area contributed by atoms with Crippen molar-refractivity contribution in [2.75, 3.05) is 0 Å². The van der Waals surface area contributed by atoms with E-state index in [-0.39, 0.29) is 11.2 Å². The topological polar surface area (TPSA) is 38.7 Å². The van der Waals surface area contributed by atoms with Crippen molar-refractivity contribution in [2.45, 2.75) is 33.1 Å². The van der Waals surface area contributed by atoms with Crippen molar-refractivity contribution in [3.8, 4) is 17.2 Å². The predicted octanol–water partition coefficient (Wildman–Crippen LogP) is 5.89. The SMILES string of the molecule is CCc1cccc(Cc2cccc3c2OB(c2ccc(F)cc2F)Oc2c(C)cccc2C3)c1O. The molecular weight excluding hydrogens is 445 g/mol. The lowest BCUT2D eigenvalue weighted by Gasteiger charge is -2.27. The van der Waals surface area contributed by atoms with Crippen molar-refractivity contribution in [3.05, 3.63) is 118 Å². The summed E-state index contributed by atoms with van der Waals surface area (Å²) in [5.41, 5.74) is 5.40. The van der Waals surface area contributed by atoms with Gasteiger partial charge in [0.2, 0.25) is 0 Å². The fourth-order valence-electron chi connectivity index (χ4n) is 4.63. The second-order valence-corrected chi connectivity index (χ2v) is 8.83. The van der Waals surface area contributed by atoms with Gasteiger partial charge in [-0.15, -0.1) is 0 Å². The standard InChI is InChI=1S/C29H25BF2O3/c1-3-19-8-5-9-20(27(19)33)15-22-11-6-12-23-16-21-10-4-7-18(2)28(21)34-30(35-29(22)23)25-14-13-24(31)17-26(25)32/h4-14,17,33H,3,15-16H2,1-2H3. The summed E-state index contributed by atoms with van der Waals surface area (Å²) in [4.78, 5) is 0. The summed E-state index contributed by atoms with van der Waals surface area (Å²) < 4.78 is 41.2. The Kier molecular flexibility index (Phi) is 6.20. The first kappa shape index (κ1) is 23.0. The highest BCUT2D eigenvalue weighted by molar-refractivity contribution is 6.63. The minimum absolute atomic E-state index is 0.110. The number of rotatable bonds is 4. The number of phenolic OH excluding ortho intramolecular Hbond substituents is 1. The molecule has 0 aromatic heterocycles. The van der Waals surface area contributed by atoms with Crippen molar-refractivity contribution in [1.82, 2.24) is 0 Å². The summed E-state index contributed by atoms with van der Waals surface area (Å²) in [5, 5.41) is 10.8. The summed E-state index contributed by atoms with van der Waals surface area (Å²) in [6.07, 6.45) is 1.72. The molecule has 0 radical (unpaired) electrons. The number of hydrogen-bond donors (Lipinski definition) is 1. The lowest BCUT2D eigenvalue weighted by molar-refractivity contribution is 0.421. The average Bonchev–Trinajstić information content (AvgIpc) is 2.82. The normalized spacial score (nSPS) is 12.6. The zero-order valence-electron chi connectivity index (χ0n) is 19.6. The van der Waals surface area contributed by atoms with E-state index < -0.39 is 18.8 Å². The van der Waals surface area contributed by atoms with Gasteiger partial charge in [-0.3, -0.25) is 0 Å². The molecule has 0 bridgehead atoms.